The van der Waals surface area contributed by atoms with Crippen molar-refractivity contribution >= 4 is 34.0 Å². The van der Waals surface area contributed by atoms with Gasteiger partial charge in [-0.15, -0.1) is 11.3 Å². The highest BCUT2D eigenvalue weighted by Crippen LogP contribution is 2.34. The lowest BCUT2D eigenvalue weighted by Gasteiger charge is -2.32. The second kappa shape index (κ2) is 12.4. The number of rotatable bonds is 10. The lowest BCUT2D eigenvalue weighted by molar-refractivity contribution is -0.151. The first kappa shape index (κ1) is 25.6. The Kier molecular flexibility index (Phi) is 9.37. The van der Waals surface area contributed by atoms with Crippen molar-refractivity contribution in [1.82, 2.24) is 4.90 Å². The van der Waals surface area contributed by atoms with Crippen molar-refractivity contribution in [2.75, 3.05) is 51.8 Å². The largest absolute Gasteiger partial charge is 0.493 e. The zero-order valence-corrected chi connectivity index (χ0v) is 21.2. The smallest absolute Gasteiger partial charge is 0.320 e. The highest BCUT2D eigenvalue weighted by Gasteiger charge is 2.24. The molecule has 8 heteroatoms. The van der Waals surface area contributed by atoms with Crippen molar-refractivity contribution < 1.29 is 19.0 Å². The Morgan fingerprint density at radius 1 is 1.15 bits per heavy atom. The number of methoxy groups -OCH3 is 2. The van der Waals surface area contributed by atoms with Crippen LogP contribution in [0.4, 0.5) is 5.00 Å². The van der Waals surface area contributed by atoms with Crippen LogP contribution in [0.1, 0.15) is 37.1 Å². The van der Waals surface area contributed by atoms with Gasteiger partial charge in [0, 0.05) is 30.8 Å². The molecule has 0 amide bonds. The van der Waals surface area contributed by atoms with Crippen LogP contribution >= 0.6 is 11.3 Å². The third-order valence-electron chi connectivity index (χ3n) is 6.01. The quantitative estimate of drug-likeness (QED) is 0.359. The highest BCUT2D eigenvalue weighted by molar-refractivity contribution is 7.17. The Morgan fingerprint density at radius 2 is 1.85 bits per heavy atom. The summed E-state index contributed by atoms with van der Waals surface area (Å²) >= 11 is 1.65. The maximum Gasteiger partial charge on any atom is 0.320 e. The molecule has 1 aromatic heterocycles. The zero-order valence-electron chi connectivity index (χ0n) is 20.4. The summed E-state index contributed by atoms with van der Waals surface area (Å²) in [5.74, 6) is 1.09. The van der Waals surface area contributed by atoms with Crippen molar-refractivity contribution in [2.45, 2.75) is 32.8 Å². The van der Waals surface area contributed by atoms with E-state index >= 15 is 0 Å². The van der Waals surface area contributed by atoms with Crippen LogP contribution < -0.4 is 14.4 Å². The minimum atomic E-state index is -0.134. The van der Waals surface area contributed by atoms with Gasteiger partial charge in [0.2, 0.25) is 0 Å². The van der Waals surface area contributed by atoms with E-state index in [0.717, 1.165) is 54.5 Å². The molecule has 0 bridgehead atoms. The van der Waals surface area contributed by atoms with E-state index in [1.807, 2.05) is 38.1 Å². The number of carbonyl (C=O) groups is 1. The Labute approximate surface area is 206 Å². The molecule has 182 valence electrons. The first-order chi connectivity index (χ1) is 16.5. The van der Waals surface area contributed by atoms with Crippen molar-refractivity contribution in [3.8, 4) is 17.6 Å². The lowest BCUT2D eigenvalue weighted by Crippen LogP contribution is -2.39. The van der Waals surface area contributed by atoms with E-state index in [9.17, 15) is 10.1 Å². The van der Waals surface area contributed by atoms with Gasteiger partial charge in [-0.2, -0.15) is 5.26 Å². The maximum absolute atomic E-state index is 12.2. The van der Waals surface area contributed by atoms with Gasteiger partial charge in [-0.25, -0.2) is 0 Å². The lowest BCUT2D eigenvalue weighted by atomic mass is 10.1. The van der Waals surface area contributed by atoms with Gasteiger partial charge in [-0.1, -0.05) is 13.8 Å². The van der Waals surface area contributed by atoms with Crippen LogP contribution in [0.3, 0.4) is 0 Å². The molecule has 0 N–H and O–H groups in total. The number of likely N-dealkylation sites (N-methyl/N-ethyl adjacent to an activating group) is 1. The first-order valence-corrected chi connectivity index (χ1v) is 12.4. The van der Waals surface area contributed by atoms with Crippen LogP contribution in [-0.4, -0.2) is 63.9 Å². The van der Waals surface area contributed by atoms with Crippen LogP contribution in [-0.2, 0) is 9.53 Å². The third-order valence-corrected chi connectivity index (χ3v) is 7.11. The monoisotopic (exact) mass is 483 g/mol. The molecule has 34 heavy (non-hydrogen) atoms. The van der Waals surface area contributed by atoms with Crippen molar-refractivity contribution in [3.63, 3.8) is 0 Å². The molecular formula is C26H33N3O4S. The molecule has 1 aliphatic rings. The van der Waals surface area contributed by atoms with Crippen LogP contribution in [0.2, 0.25) is 0 Å². The third kappa shape index (κ3) is 6.52. The Balaban J connectivity index is 1.61. The molecule has 7 nitrogen and oxygen atoms in total. The number of carbonyl (C=O) groups excluding carboxylic acids is 1. The number of piperidine rings is 1. The molecule has 0 spiro atoms. The van der Waals surface area contributed by atoms with Gasteiger partial charge in [-0.3, -0.25) is 9.69 Å². The molecule has 3 rings (SSSR count). The normalized spacial score (nSPS) is 14.7. The minimum Gasteiger partial charge on any atom is -0.493 e. The number of hydrogen-bond acceptors (Lipinski definition) is 8. The topological polar surface area (TPSA) is 75.0 Å². The van der Waals surface area contributed by atoms with Crippen LogP contribution in [0.25, 0.3) is 11.6 Å². The number of hydrogen-bond donors (Lipinski definition) is 0. The molecule has 0 unspecified atom stereocenters. The zero-order chi connectivity index (χ0) is 24.5. The predicted octanol–water partition coefficient (Wildman–Crippen LogP) is 4.68. The average Bonchev–Trinajstić information content (AvgIpc) is 3.34. The van der Waals surface area contributed by atoms with E-state index in [4.69, 9.17) is 14.2 Å². The van der Waals surface area contributed by atoms with E-state index in [2.05, 4.69) is 21.9 Å². The summed E-state index contributed by atoms with van der Waals surface area (Å²) in [6.07, 6.45) is 3.52. The maximum atomic E-state index is 12.2. The summed E-state index contributed by atoms with van der Waals surface area (Å²) in [6, 6.07) is 11.9. The molecule has 0 saturated carbocycles. The second-order valence-electron chi connectivity index (χ2n) is 8.05. The number of nitriles is 1. The molecule has 2 aromatic rings. The Hall–Kier alpha value is -3.02. The summed E-state index contributed by atoms with van der Waals surface area (Å²) in [5, 5.41) is 10.9. The molecule has 1 aliphatic heterocycles. The van der Waals surface area contributed by atoms with E-state index in [1.165, 1.54) is 0 Å². The van der Waals surface area contributed by atoms with Crippen LogP contribution in [0.5, 0.6) is 11.5 Å². The van der Waals surface area contributed by atoms with Crippen molar-refractivity contribution in [1.29, 1.82) is 5.26 Å². The van der Waals surface area contributed by atoms with Gasteiger partial charge in [0.25, 0.3) is 0 Å². The summed E-state index contributed by atoms with van der Waals surface area (Å²) in [4.78, 5) is 17.6. The van der Waals surface area contributed by atoms with Crippen LogP contribution in [0.15, 0.2) is 30.3 Å². The van der Waals surface area contributed by atoms with E-state index in [1.54, 1.807) is 31.6 Å². The van der Waals surface area contributed by atoms with Gasteiger partial charge in [0.15, 0.2) is 11.5 Å². The standard InChI is InChI=1S/C26H33N3O4S/c1-5-28(6-2)18-26(30)33-21-11-13-29(14-12-21)25-10-8-22(34-25)15-20(17-27)19-7-9-23(31-3)24(16-19)32-4/h7-10,15-16,21H,5-6,11-14,18H2,1-4H3. The number of nitrogens with zero attached hydrogens (tertiary/aromatic N) is 3. The van der Waals surface area contributed by atoms with Gasteiger partial charge >= 0.3 is 5.97 Å². The molecule has 0 radical (unpaired) electrons. The fourth-order valence-electron chi connectivity index (χ4n) is 3.96. The summed E-state index contributed by atoms with van der Waals surface area (Å²) < 4.78 is 16.4. The Bertz CT molecular complexity index is 1030. The minimum absolute atomic E-state index is 0.0196. The predicted molar refractivity (Wildman–Crippen MR) is 136 cm³/mol. The number of anilines is 1. The SMILES string of the molecule is CCN(CC)CC(=O)OC1CCN(c2ccc(C=C(C#N)c3ccc(OC)c(OC)c3)s2)CC1. The molecule has 2 heterocycles. The van der Waals surface area contributed by atoms with Crippen molar-refractivity contribution in [2.24, 2.45) is 0 Å². The first-order valence-electron chi connectivity index (χ1n) is 11.6. The van der Waals surface area contributed by atoms with E-state index in [-0.39, 0.29) is 12.1 Å². The van der Waals surface area contributed by atoms with Crippen LogP contribution in [0, 0.1) is 11.3 Å². The molecule has 1 fully saturated rings. The van der Waals surface area contributed by atoms with E-state index < -0.39 is 0 Å². The molecule has 1 saturated heterocycles. The summed E-state index contributed by atoms with van der Waals surface area (Å²) in [6.45, 7) is 7.83. The molecule has 0 aliphatic carbocycles. The van der Waals surface area contributed by atoms with E-state index in [0.29, 0.717) is 23.6 Å². The summed E-state index contributed by atoms with van der Waals surface area (Å²) in [5.41, 5.74) is 1.34. The van der Waals surface area contributed by atoms with Gasteiger partial charge < -0.3 is 19.1 Å². The van der Waals surface area contributed by atoms with Gasteiger partial charge in [0.1, 0.15) is 6.10 Å². The highest BCUT2D eigenvalue weighted by atomic mass is 32.1. The fourth-order valence-corrected chi connectivity index (χ4v) is 4.97. The number of benzene rings is 1. The number of thiophene rings is 1. The Morgan fingerprint density at radius 3 is 2.47 bits per heavy atom. The summed E-state index contributed by atoms with van der Waals surface area (Å²) in [7, 11) is 3.17. The average molecular weight is 484 g/mol. The molecule has 1 aromatic carbocycles. The second-order valence-corrected chi connectivity index (χ2v) is 9.15. The molecule has 0 atom stereocenters. The molecular weight excluding hydrogens is 450 g/mol. The number of esters is 1. The number of allylic oxidation sites excluding steroid dienone is 1. The number of ether oxygens (including phenoxy) is 3. The van der Waals surface area contributed by atoms with Gasteiger partial charge in [-0.05, 0) is 55.1 Å². The fraction of sp³-hybridized carbons (Fsp3) is 0.462. The van der Waals surface area contributed by atoms with Crippen molar-refractivity contribution in [3.05, 3.63) is 40.8 Å². The van der Waals surface area contributed by atoms with Gasteiger partial charge in [0.05, 0.1) is 37.4 Å².